The van der Waals surface area contributed by atoms with E-state index in [1.165, 1.54) is 20.0 Å². The van der Waals surface area contributed by atoms with Crippen molar-refractivity contribution in [3.63, 3.8) is 0 Å². The summed E-state index contributed by atoms with van der Waals surface area (Å²) >= 11 is 1.35. The normalized spacial score (nSPS) is 12.9. The number of rotatable bonds is 4. The molecule has 0 atom stereocenters. The molecular formula is C10H16N4O2S2. The summed E-state index contributed by atoms with van der Waals surface area (Å²) in [6.07, 6.45) is 1.67. The van der Waals surface area contributed by atoms with E-state index in [4.69, 9.17) is 5.73 Å². The summed E-state index contributed by atoms with van der Waals surface area (Å²) in [7, 11) is -2.05. The number of imidazole rings is 1. The number of nitrogens with zero attached hydrogens (tertiary/aromatic N) is 3. The summed E-state index contributed by atoms with van der Waals surface area (Å²) < 4.78 is 27.7. The molecule has 0 unspecified atom stereocenters. The van der Waals surface area contributed by atoms with Crippen LogP contribution < -0.4 is 5.73 Å². The van der Waals surface area contributed by atoms with Crippen LogP contribution in [0.4, 0.5) is 5.82 Å². The minimum Gasteiger partial charge on any atom is -0.381 e. The van der Waals surface area contributed by atoms with E-state index in [0.29, 0.717) is 11.5 Å². The maximum absolute atomic E-state index is 12.5. The summed E-state index contributed by atoms with van der Waals surface area (Å²) in [5.74, 6) is 0.300. The quantitative estimate of drug-likeness (QED) is 0.918. The highest BCUT2D eigenvalue weighted by atomic mass is 32.2. The van der Waals surface area contributed by atoms with Crippen LogP contribution in [0.1, 0.15) is 13.8 Å². The Bertz CT molecular complexity index is 657. The second-order valence-corrected chi connectivity index (χ2v) is 7.37. The number of hydrogen-bond acceptors (Lipinski definition) is 5. The van der Waals surface area contributed by atoms with E-state index in [0.717, 1.165) is 0 Å². The monoisotopic (exact) mass is 288 g/mol. The Morgan fingerprint density at radius 1 is 1.56 bits per heavy atom. The largest absolute Gasteiger partial charge is 0.381 e. The van der Waals surface area contributed by atoms with Crippen molar-refractivity contribution in [1.82, 2.24) is 13.7 Å². The number of nitrogens with two attached hydrogens (primary N) is 1. The summed E-state index contributed by atoms with van der Waals surface area (Å²) in [5, 5.41) is 1.84. The Hall–Kier alpha value is -1.12. The fourth-order valence-corrected chi connectivity index (χ4v) is 4.07. The molecule has 0 spiro atoms. The molecule has 0 bridgehead atoms. The van der Waals surface area contributed by atoms with Crippen LogP contribution in [-0.2, 0) is 10.0 Å². The summed E-state index contributed by atoms with van der Waals surface area (Å²) in [4.78, 5) is 4.64. The van der Waals surface area contributed by atoms with Crippen molar-refractivity contribution < 1.29 is 8.42 Å². The first kappa shape index (κ1) is 13.3. The third-order valence-electron chi connectivity index (χ3n) is 2.52. The zero-order chi connectivity index (χ0) is 13.5. The molecule has 2 aromatic heterocycles. The highest BCUT2D eigenvalue weighted by Gasteiger charge is 2.28. The minimum atomic E-state index is -3.60. The van der Waals surface area contributed by atoms with Gasteiger partial charge in [0.25, 0.3) is 10.0 Å². The first-order valence-corrected chi connectivity index (χ1v) is 7.83. The van der Waals surface area contributed by atoms with Gasteiger partial charge >= 0.3 is 0 Å². The van der Waals surface area contributed by atoms with Gasteiger partial charge in [0.2, 0.25) is 0 Å². The van der Waals surface area contributed by atoms with Crippen LogP contribution in [0, 0.1) is 5.92 Å². The van der Waals surface area contributed by atoms with E-state index in [1.54, 1.807) is 18.6 Å². The van der Waals surface area contributed by atoms with Gasteiger partial charge in [-0.05, 0) is 5.92 Å². The van der Waals surface area contributed by atoms with Gasteiger partial charge in [0.15, 0.2) is 15.8 Å². The van der Waals surface area contributed by atoms with Crippen molar-refractivity contribution in [2.75, 3.05) is 19.3 Å². The van der Waals surface area contributed by atoms with E-state index in [-0.39, 0.29) is 16.8 Å². The molecule has 0 aliphatic rings. The fourth-order valence-electron chi connectivity index (χ4n) is 1.80. The molecule has 0 radical (unpaired) electrons. The molecule has 0 aromatic carbocycles. The molecule has 0 aliphatic heterocycles. The maximum atomic E-state index is 12.5. The van der Waals surface area contributed by atoms with Crippen LogP contribution in [0.2, 0.25) is 0 Å². The predicted molar refractivity (Wildman–Crippen MR) is 72.1 cm³/mol. The molecule has 0 saturated carbocycles. The molecule has 2 rings (SSSR count). The number of thiazole rings is 1. The molecule has 0 saturated heterocycles. The molecule has 8 heteroatoms. The molecule has 2 aromatic rings. The highest BCUT2D eigenvalue weighted by molar-refractivity contribution is 7.89. The SMILES string of the molecule is CC(C)CN(C)S(=O)(=O)c1c(N)nc2sccn12. The van der Waals surface area contributed by atoms with Crippen molar-refractivity contribution in [3.8, 4) is 0 Å². The second-order valence-electron chi connectivity index (χ2n) is 4.54. The van der Waals surface area contributed by atoms with Gasteiger partial charge in [0.05, 0.1) is 0 Å². The average Bonchev–Trinajstić information content (AvgIpc) is 2.74. The molecule has 18 heavy (non-hydrogen) atoms. The summed E-state index contributed by atoms with van der Waals surface area (Å²) in [5.41, 5.74) is 5.72. The van der Waals surface area contributed by atoms with Crippen LogP contribution in [0.15, 0.2) is 16.6 Å². The van der Waals surface area contributed by atoms with Crippen LogP contribution >= 0.6 is 11.3 Å². The van der Waals surface area contributed by atoms with Gasteiger partial charge in [0.1, 0.15) is 0 Å². The second kappa shape index (κ2) is 4.52. The third kappa shape index (κ3) is 2.11. The van der Waals surface area contributed by atoms with E-state index in [1.807, 2.05) is 13.8 Å². The lowest BCUT2D eigenvalue weighted by Gasteiger charge is -2.18. The predicted octanol–water partition coefficient (Wildman–Crippen LogP) is 1.25. The summed E-state index contributed by atoms with van der Waals surface area (Å²) in [6.45, 7) is 4.37. The Balaban J connectivity index is 2.52. The van der Waals surface area contributed by atoms with Gasteiger partial charge < -0.3 is 5.73 Å². The minimum absolute atomic E-state index is 0.0532. The van der Waals surface area contributed by atoms with Gasteiger partial charge in [-0.1, -0.05) is 13.8 Å². The smallest absolute Gasteiger partial charge is 0.262 e. The van der Waals surface area contributed by atoms with Crippen molar-refractivity contribution >= 4 is 32.1 Å². The van der Waals surface area contributed by atoms with Crippen molar-refractivity contribution in [2.24, 2.45) is 5.92 Å². The number of aromatic nitrogens is 2. The van der Waals surface area contributed by atoms with E-state index in [2.05, 4.69) is 4.98 Å². The highest BCUT2D eigenvalue weighted by Crippen LogP contribution is 2.25. The molecule has 2 N–H and O–H groups in total. The molecular weight excluding hydrogens is 272 g/mol. The topological polar surface area (TPSA) is 80.7 Å². The van der Waals surface area contributed by atoms with E-state index < -0.39 is 10.0 Å². The number of anilines is 1. The lowest BCUT2D eigenvalue weighted by atomic mass is 10.2. The lowest BCUT2D eigenvalue weighted by molar-refractivity contribution is 0.415. The third-order valence-corrected chi connectivity index (χ3v) is 5.14. The van der Waals surface area contributed by atoms with Crippen molar-refractivity contribution in [3.05, 3.63) is 11.6 Å². The molecule has 100 valence electrons. The van der Waals surface area contributed by atoms with Gasteiger partial charge in [0, 0.05) is 25.2 Å². The number of sulfonamides is 1. The van der Waals surface area contributed by atoms with Gasteiger partial charge in [-0.15, -0.1) is 11.3 Å². The van der Waals surface area contributed by atoms with Gasteiger partial charge in [-0.25, -0.2) is 13.4 Å². The Labute approximate surface area is 110 Å². The molecule has 0 amide bonds. The number of nitrogen functional groups attached to an aromatic ring is 1. The fraction of sp³-hybridized carbons (Fsp3) is 0.500. The zero-order valence-corrected chi connectivity index (χ0v) is 12.1. The molecule has 0 aliphatic carbocycles. The van der Waals surface area contributed by atoms with Gasteiger partial charge in [-0.3, -0.25) is 4.40 Å². The zero-order valence-electron chi connectivity index (χ0n) is 10.5. The molecule has 6 nitrogen and oxygen atoms in total. The van der Waals surface area contributed by atoms with Crippen LogP contribution in [0.5, 0.6) is 0 Å². The van der Waals surface area contributed by atoms with Crippen molar-refractivity contribution in [2.45, 2.75) is 18.9 Å². The van der Waals surface area contributed by atoms with Crippen LogP contribution in [-0.4, -0.2) is 35.7 Å². The number of fused-ring (bicyclic) bond motifs is 1. The van der Waals surface area contributed by atoms with Crippen LogP contribution in [0.3, 0.4) is 0 Å². The Morgan fingerprint density at radius 2 is 2.22 bits per heavy atom. The van der Waals surface area contributed by atoms with E-state index in [9.17, 15) is 8.42 Å². The standard InChI is InChI=1S/C10H16N4O2S2/c1-7(2)6-13(3)18(15,16)9-8(11)12-10-14(9)4-5-17-10/h4-5,7H,6,11H2,1-3H3. The van der Waals surface area contributed by atoms with Crippen molar-refractivity contribution in [1.29, 1.82) is 0 Å². The first-order valence-electron chi connectivity index (χ1n) is 5.51. The van der Waals surface area contributed by atoms with Crippen LogP contribution in [0.25, 0.3) is 4.96 Å². The molecule has 0 fully saturated rings. The van der Waals surface area contributed by atoms with E-state index >= 15 is 0 Å². The molecule has 2 heterocycles. The summed E-state index contributed by atoms with van der Waals surface area (Å²) in [6, 6.07) is 0. The Kier molecular flexibility index (Phi) is 3.35. The lowest BCUT2D eigenvalue weighted by Crippen LogP contribution is -2.31. The first-order chi connectivity index (χ1) is 8.34. The Morgan fingerprint density at radius 3 is 2.83 bits per heavy atom. The average molecular weight is 288 g/mol. The number of hydrogen-bond donors (Lipinski definition) is 1. The maximum Gasteiger partial charge on any atom is 0.262 e. The van der Waals surface area contributed by atoms with Gasteiger partial charge in [-0.2, -0.15) is 4.31 Å².